The number of halogens is 1. The number of ether oxygens (including phenoxy) is 5. The monoisotopic (exact) mass is 372 g/mol. The Morgan fingerprint density at radius 2 is 1.76 bits per heavy atom. The van der Waals surface area contributed by atoms with Crippen LogP contribution in [0.1, 0.15) is 18.9 Å². The molecular formula is C17H21ClO7. The van der Waals surface area contributed by atoms with Crippen LogP contribution in [0.5, 0.6) is 11.5 Å². The van der Waals surface area contributed by atoms with Crippen LogP contribution in [-0.2, 0) is 23.8 Å². The van der Waals surface area contributed by atoms with Gasteiger partial charge in [-0.3, -0.25) is 4.79 Å². The van der Waals surface area contributed by atoms with E-state index in [-0.39, 0.29) is 18.8 Å². The van der Waals surface area contributed by atoms with Gasteiger partial charge in [-0.1, -0.05) is 11.6 Å². The van der Waals surface area contributed by atoms with Crippen molar-refractivity contribution in [3.63, 3.8) is 0 Å². The van der Waals surface area contributed by atoms with E-state index >= 15 is 0 Å². The summed E-state index contributed by atoms with van der Waals surface area (Å²) in [5.41, 5.74) is 1.23. The maximum absolute atomic E-state index is 12.1. The smallest absolute Gasteiger partial charge is 0.334 e. The van der Waals surface area contributed by atoms with Crippen molar-refractivity contribution in [2.75, 3.05) is 35.2 Å². The molecule has 0 unspecified atom stereocenters. The molecule has 0 aliphatic heterocycles. The van der Waals surface area contributed by atoms with Gasteiger partial charge in [0.2, 0.25) is 0 Å². The first-order valence-electron chi connectivity index (χ1n) is 7.24. The fourth-order valence-corrected chi connectivity index (χ4v) is 2.40. The highest BCUT2D eigenvalue weighted by molar-refractivity contribution is 6.32. The van der Waals surface area contributed by atoms with Crippen molar-refractivity contribution in [1.82, 2.24) is 0 Å². The zero-order valence-corrected chi connectivity index (χ0v) is 15.6. The molecule has 0 bridgehead atoms. The molecule has 0 spiro atoms. The SMILES string of the molecule is COCOC(=O)C/C(C(=O)OC)=C(\C)c1cc(Cl)c(OC)c(OC)c1. The van der Waals surface area contributed by atoms with E-state index < -0.39 is 11.9 Å². The molecule has 0 radical (unpaired) electrons. The number of allylic oxidation sites excluding steroid dienone is 1. The number of benzene rings is 1. The van der Waals surface area contributed by atoms with Gasteiger partial charge >= 0.3 is 11.9 Å². The summed E-state index contributed by atoms with van der Waals surface area (Å²) in [5.74, 6) is -0.485. The van der Waals surface area contributed by atoms with Crippen molar-refractivity contribution in [2.24, 2.45) is 0 Å². The summed E-state index contributed by atoms with van der Waals surface area (Å²) in [5, 5.41) is 0.308. The Kier molecular flexibility index (Phi) is 8.24. The lowest BCUT2D eigenvalue weighted by atomic mass is 9.98. The predicted octanol–water partition coefficient (Wildman–Crippen LogP) is 2.84. The maximum Gasteiger partial charge on any atom is 0.334 e. The molecular weight excluding hydrogens is 352 g/mol. The molecule has 0 N–H and O–H groups in total. The summed E-state index contributed by atoms with van der Waals surface area (Å²) >= 11 is 6.20. The zero-order chi connectivity index (χ0) is 19.0. The summed E-state index contributed by atoms with van der Waals surface area (Å²) in [6, 6.07) is 3.27. The highest BCUT2D eigenvalue weighted by Gasteiger charge is 2.21. The van der Waals surface area contributed by atoms with Crippen LogP contribution in [0, 0.1) is 0 Å². The molecule has 0 heterocycles. The molecule has 138 valence electrons. The number of methoxy groups -OCH3 is 4. The molecule has 8 heteroatoms. The van der Waals surface area contributed by atoms with E-state index in [1.165, 1.54) is 28.4 Å². The minimum Gasteiger partial charge on any atom is -0.493 e. The van der Waals surface area contributed by atoms with Crippen LogP contribution in [0.3, 0.4) is 0 Å². The Morgan fingerprint density at radius 1 is 1.08 bits per heavy atom. The van der Waals surface area contributed by atoms with Crippen LogP contribution in [0.15, 0.2) is 17.7 Å². The van der Waals surface area contributed by atoms with Gasteiger partial charge in [0.05, 0.1) is 38.3 Å². The standard InChI is InChI=1S/C17H21ClO7/c1-10(11-6-13(18)16(23-4)14(7-11)22-3)12(17(20)24-5)8-15(19)25-9-21-2/h6-7H,8-9H2,1-5H3/b12-10-. The molecule has 0 fully saturated rings. The fourth-order valence-electron chi connectivity index (χ4n) is 2.11. The van der Waals surface area contributed by atoms with Gasteiger partial charge in [-0.05, 0) is 30.2 Å². The van der Waals surface area contributed by atoms with E-state index in [9.17, 15) is 9.59 Å². The van der Waals surface area contributed by atoms with Gasteiger partial charge in [0.15, 0.2) is 18.3 Å². The molecule has 7 nitrogen and oxygen atoms in total. The molecule has 0 amide bonds. The van der Waals surface area contributed by atoms with Gasteiger partial charge in [-0.2, -0.15) is 0 Å². The lowest BCUT2D eigenvalue weighted by molar-refractivity contribution is -0.154. The Labute approximate surface area is 151 Å². The lowest BCUT2D eigenvalue weighted by Gasteiger charge is -2.14. The van der Waals surface area contributed by atoms with E-state index in [4.69, 9.17) is 30.5 Å². The molecule has 25 heavy (non-hydrogen) atoms. The van der Waals surface area contributed by atoms with Crippen LogP contribution < -0.4 is 9.47 Å². The first kappa shape index (κ1) is 20.8. The molecule has 0 saturated heterocycles. The van der Waals surface area contributed by atoms with Gasteiger partial charge in [0.1, 0.15) is 0 Å². The number of carbonyl (C=O) groups excluding carboxylic acids is 2. The van der Waals surface area contributed by atoms with Crippen LogP contribution in [0.2, 0.25) is 5.02 Å². The molecule has 0 aliphatic carbocycles. The number of carbonyl (C=O) groups is 2. The summed E-state index contributed by atoms with van der Waals surface area (Å²) in [7, 11) is 5.57. The Morgan fingerprint density at radius 3 is 2.28 bits per heavy atom. The molecule has 1 aromatic rings. The largest absolute Gasteiger partial charge is 0.493 e. The lowest BCUT2D eigenvalue weighted by Crippen LogP contribution is -2.14. The van der Waals surface area contributed by atoms with Crippen LogP contribution in [-0.4, -0.2) is 47.2 Å². The Hall–Kier alpha value is -2.25. The first-order valence-corrected chi connectivity index (χ1v) is 7.61. The normalized spacial score (nSPS) is 11.4. The quantitative estimate of drug-likeness (QED) is 0.394. The Bertz CT molecular complexity index is 667. The topological polar surface area (TPSA) is 80.3 Å². The maximum atomic E-state index is 12.1. The van der Waals surface area contributed by atoms with E-state index in [1.807, 2.05) is 0 Å². The van der Waals surface area contributed by atoms with Crippen molar-refractivity contribution < 1.29 is 33.3 Å². The van der Waals surface area contributed by atoms with E-state index in [0.717, 1.165) is 0 Å². The molecule has 1 aromatic carbocycles. The highest BCUT2D eigenvalue weighted by atomic mass is 35.5. The average molecular weight is 373 g/mol. The molecule has 0 saturated carbocycles. The van der Waals surface area contributed by atoms with Crippen molar-refractivity contribution in [2.45, 2.75) is 13.3 Å². The summed E-state index contributed by atoms with van der Waals surface area (Å²) in [6.07, 6.45) is -0.270. The third kappa shape index (κ3) is 5.37. The summed E-state index contributed by atoms with van der Waals surface area (Å²) in [6.45, 7) is 1.47. The van der Waals surface area contributed by atoms with Crippen molar-refractivity contribution >= 4 is 29.1 Å². The third-order valence-corrected chi connectivity index (χ3v) is 3.69. The second-order valence-corrected chi connectivity index (χ2v) is 5.30. The van der Waals surface area contributed by atoms with E-state index in [1.54, 1.807) is 19.1 Å². The summed E-state index contributed by atoms with van der Waals surface area (Å²) < 4.78 is 24.7. The fraction of sp³-hybridized carbons (Fsp3) is 0.412. The zero-order valence-electron chi connectivity index (χ0n) is 14.8. The second-order valence-electron chi connectivity index (χ2n) is 4.89. The summed E-state index contributed by atoms with van der Waals surface area (Å²) in [4.78, 5) is 23.9. The average Bonchev–Trinajstić information content (AvgIpc) is 2.62. The number of hydrogen-bond donors (Lipinski definition) is 0. The second kappa shape index (κ2) is 9.90. The van der Waals surface area contributed by atoms with Crippen LogP contribution >= 0.6 is 11.6 Å². The number of esters is 2. The van der Waals surface area contributed by atoms with Gasteiger partial charge in [0.25, 0.3) is 0 Å². The number of hydrogen-bond acceptors (Lipinski definition) is 7. The molecule has 0 aliphatic rings. The van der Waals surface area contributed by atoms with Crippen LogP contribution in [0.25, 0.3) is 5.57 Å². The molecule has 0 atom stereocenters. The first-order chi connectivity index (χ1) is 11.9. The third-order valence-electron chi connectivity index (χ3n) is 3.41. The van der Waals surface area contributed by atoms with Crippen LogP contribution in [0.4, 0.5) is 0 Å². The van der Waals surface area contributed by atoms with Gasteiger partial charge < -0.3 is 23.7 Å². The Balaban J connectivity index is 3.34. The van der Waals surface area contributed by atoms with E-state index in [0.29, 0.717) is 27.7 Å². The van der Waals surface area contributed by atoms with Crippen molar-refractivity contribution in [3.05, 3.63) is 28.3 Å². The van der Waals surface area contributed by atoms with Crippen molar-refractivity contribution in [3.8, 4) is 11.5 Å². The highest BCUT2D eigenvalue weighted by Crippen LogP contribution is 2.38. The van der Waals surface area contributed by atoms with Crippen molar-refractivity contribution in [1.29, 1.82) is 0 Å². The molecule has 1 rings (SSSR count). The number of rotatable bonds is 8. The minimum absolute atomic E-state index is 0.145. The van der Waals surface area contributed by atoms with Gasteiger partial charge in [-0.15, -0.1) is 0 Å². The van der Waals surface area contributed by atoms with E-state index in [2.05, 4.69) is 4.74 Å². The molecule has 0 aromatic heterocycles. The predicted molar refractivity (Wildman–Crippen MR) is 91.8 cm³/mol. The van der Waals surface area contributed by atoms with Gasteiger partial charge in [-0.25, -0.2) is 4.79 Å². The minimum atomic E-state index is -0.641. The van der Waals surface area contributed by atoms with Gasteiger partial charge in [0, 0.05) is 7.11 Å².